The molecule has 1 aromatic heterocycles. The van der Waals surface area contributed by atoms with E-state index >= 15 is 0 Å². The minimum Gasteiger partial charge on any atom is -0.376 e. The number of aromatic nitrogens is 4. The van der Waals surface area contributed by atoms with Gasteiger partial charge in [0.1, 0.15) is 0 Å². The summed E-state index contributed by atoms with van der Waals surface area (Å²) in [6, 6.07) is 15.4. The monoisotopic (exact) mass is 446 g/mol. The molecule has 0 amide bonds. The van der Waals surface area contributed by atoms with E-state index in [9.17, 15) is 0 Å². The van der Waals surface area contributed by atoms with Crippen LogP contribution in [0.2, 0.25) is 0 Å². The van der Waals surface area contributed by atoms with E-state index in [1.807, 2.05) is 4.68 Å². The highest BCUT2D eigenvalue weighted by Crippen LogP contribution is 2.31. The van der Waals surface area contributed by atoms with E-state index in [0.717, 1.165) is 51.5 Å². The maximum absolute atomic E-state index is 5.88. The number of nitrogens with zero attached hydrogens (tertiary/aromatic N) is 6. The highest BCUT2D eigenvalue weighted by molar-refractivity contribution is 5.56. The van der Waals surface area contributed by atoms with Gasteiger partial charge in [-0.15, -0.1) is 5.10 Å². The van der Waals surface area contributed by atoms with Gasteiger partial charge in [0.15, 0.2) is 5.82 Å². The Morgan fingerprint density at radius 1 is 1.00 bits per heavy atom. The molecule has 0 radical (unpaired) electrons. The van der Waals surface area contributed by atoms with Crippen LogP contribution in [0.15, 0.2) is 42.5 Å². The number of hydrogen-bond acceptors (Lipinski definition) is 6. The zero-order valence-corrected chi connectivity index (χ0v) is 19.9. The number of tetrazole rings is 1. The van der Waals surface area contributed by atoms with Crippen LogP contribution in [0.4, 0.5) is 5.69 Å². The Hall–Kier alpha value is -2.77. The lowest BCUT2D eigenvalue weighted by atomic mass is 10.0. The predicted octanol–water partition coefficient (Wildman–Crippen LogP) is 3.69. The van der Waals surface area contributed by atoms with Crippen molar-refractivity contribution in [3.05, 3.63) is 70.5 Å². The molecule has 7 nitrogen and oxygen atoms in total. The summed E-state index contributed by atoms with van der Waals surface area (Å²) in [5.74, 6) is 0.912. The van der Waals surface area contributed by atoms with Crippen molar-refractivity contribution in [1.29, 1.82) is 0 Å². The Morgan fingerprint density at radius 3 is 2.52 bits per heavy atom. The maximum atomic E-state index is 5.88. The normalized spacial score (nSPS) is 20.3. The lowest BCUT2D eigenvalue weighted by molar-refractivity contribution is 0.0906. The number of hydrogen-bond donors (Lipinski definition) is 0. The van der Waals surface area contributed by atoms with E-state index in [4.69, 9.17) is 4.74 Å². The highest BCUT2D eigenvalue weighted by atomic mass is 16.5. The van der Waals surface area contributed by atoms with Gasteiger partial charge in [0.25, 0.3) is 0 Å². The van der Waals surface area contributed by atoms with Crippen LogP contribution in [0.5, 0.6) is 0 Å². The number of rotatable bonds is 6. The number of piperazine rings is 1. The fourth-order valence-electron chi connectivity index (χ4n) is 5.09. The molecular weight excluding hydrogens is 412 g/mol. The largest absolute Gasteiger partial charge is 0.376 e. The molecule has 2 fully saturated rings. The zero-order valence-electron chi connectivity index (χ0n) is 19.9. The van der Waals surface area contributed by atoms with Crippen LogP contribution < -0.4 is 4.90 Å². The van der Waals surface area contributed by atoms with Gasteiger partial charge in [-0.05, 0) is 66.8 Å². The molecule has 0 spiro atoms. The first-order valence-corrected chi connectivity index (χ1v) is 12.1. The predicted molar refractivity (Wildman–Crippen MR) is 130 cm³/mol. The van der Waals surface area contributed by atoms with E-state index < -0.39 is 0 Å². The van der Waals surface area contributed by atoms with Gasteiger partial charge in [-0.25, -0.2) is 4.68 Å². The molecule has 3 aromatic rings. The second kappa shape index (κ2) is 9.61. The third-order valence-electron chi connectivity index (χ3n) is 7.19. The number of benzene rings is 2. The van der Waals surface area contributed by atoms with Crippen molar-refractivity contribution in [3.8, 4) is 0 Å². The Labute approximate surface area is 196 Å². The lowest BCUT2D eigenvalue weighted by Crippen LogP contribution is -2.48. The summed E-state index contributed by atoms with van der Waals surface area (Å²) in [5, 5.41) is 13.0. The van der Waals surface area contributed by atoms with Crippen molar-refractivity contribution in [2.24, 2.45) is 0 Å². The summed E-state index contributed by atoms with van der Waals surface area (Å²) in [4.78, 5) is 5.05. The summed E-state index contributed by atoms with van der Waals surface area (Å²) in [5.41, 5.74) is 6.58. The van der Waals surface area contributed by atoms with Crippen molar-refractivity contribution < 1.29 is 4.74 Å². The van der Waals surface area contributed by atoms with Crippen molar-refractivity contribution in [3.63, 3.8) is 0 Å². The molecule has 5 rings (SSSR count). The summed E-state index contributed by atoms with van der Waals surface area (Å²) in [7, 11) is 0. The standard InChI is InChI=1S/C26H34N6O/c1-19-9-11-22(12-10-19)25(26-27-28-29-32(26)18-23-7-5-17-33-23)31-15-13-30(14-16-31)24-8-4-6-20(2)21(24)3/h4,6,8-12,23,25H,5,7,13-18H2,1-3H3/t23-,25+/m1/s1. The van der Waals surface area contributed by atoms with E-state index in [0.29, 0.717) is 6.54 Å². The molecule has 7 heteroatoms. The molecule has 0 saturated carbocycles. The molecule has 0 unspecified atom stereocenters. The molecule has 3 heterocycles. The minimum absolute atomic E-state index is 0.0303. The minimum atomic E-state index is 0.0303. The number of ether oxygens (including phenoxy) is 1. The molecular formula is C26H34N6O. The van der Waals surface area contributed by atoms with Gasteiger partial charge in [0.2, 0.25) is 0 Å². The molecule has 0 aliphatic carbocycles. The fraction of sp³-hybridized carbons (Fsp3) is 0.500. The van der Waals surface area contributed by atoms with Crippen LogP contribution in [0.25, 0.3) is 0 Å². The Morgan fingerprint density at radius 2 is 1.79 bits per heavy atom. The van der Waals surface area contributed by atoms with Gasteiger partial charge in [0, 0.05) is 38.5 Å². The molecule has 2 atom stereocenters. The van der Waals surface area contributed by atoms with Crippen molar-refractivity contribution in [1.82, 2.24) is 25.1 Å². The maximum Gasteiger partial charge on any atom is 0.173 e. The second-order valence-electron chi connectivity index (χ2n) is 9.41. The summed E-state index contributed by atoms with van der Waals surface area (Å²) in [6.07, 6.45) is 2.39. The van der Waals surface area contributed by atoms with Gasteiger partial charge in [-0.1, -0.05) is 42.0 Å². The average Bonchev–Trinajstić information content (AvgIpc) is 3.51. The molecule has 2 aliphatic rings. The van der Waals surface area contributed by atoms with Gasteiger partial charge < -0.3 is 9.64 Å². The average molecular weight is 447 g/mol. The molecule has 2 aliphatic heterocycles. The molecule has 0 bridgehead atoms. The summed E-state index contributed by atoms with van der Waals surface area (Å²) < 4.78 is 7.84. The second-order valence-corrected chi connectivity index (χ2v) is 9.41. The van der Waals surface area contributed by atoms with E-state index in [2.05, 4.69) is 88.6 Å². The van der Waals surface area contributed by atoms with Crippen LogP contribution in [0.1, 0.15) is 47.0 Å². The molecule has 33 heavy (non-hydrogen) atoms. The molecule has 2 saturated heterocycles. The first-order chi connectivity index (χ1) is 16.1. The van der Waals surface area contributed by atoms with Crippen LogP contribution in [0.3, 0.4) is 0 Å². The van der Waals surface area contributed by atoms with E-state index in [1.54, 1.807) is 0 Å². The first-order valence-electron chi connectivity index (χ1n) is 12.1. The van der Waals surface area contributed by atoms with Crippen LogP contribution in [-0.2, 0) is 11.3 Å². The summed E-state index contributed by atoms with van der Waals surface area (Å²) >= 11 is 0. The van der Waals surface area contributed by atoms with Crippen molar-refractivity contribution in [2.45, 2.75) is 52.3 Å². The Kier molecular flexibility index (Phi) is 6.42. The van der Waals surface area contributed by atoms with Crippen LogP contribution in [-0.4, -0.2) is 64.0 Å². The first kappa shape index (κ1) is 22.0. The fourth-order valence-corrected chi connectivity index (χ4v) is 5.09. The van der Waals surface area contributed by atoms with E-state index in [-0.39, 0.29) is 12.1 Å². The van der Waals surface area contributed by atoms with Crippen molar-refractivity contribution in [2.75, 3.05) is 37.7 Å². The van der Waals surface area contributed by atoms with Gasteiger partial charge in [0.05, 0.1) is 18.7 Å². The van der Waals surface area contributed by atoms with Gasteiger partial charge in [-0.2, -0.15) is 0 Å². The molecule has 174 valence electrons. The van der Waals surface area contributed by atoms with Crippen LogP contribution >= 0.6 is 0 Å². The number of anilines is 1. The molecule has 2 aromatic carbocycles. The highest BCUT2D eigenvalue weighted by Gasteiger charge is 2.32. The molecule has 0 N–H and O–H groups in total. The Bertz CT molecular complexity index is 1060. The smallest absolute Gasteiger partial charge is 0.173 e. The SMILES string of the molecule is Cc1ccc([C@@H](c2nnnn2C[C@H]2CCCO2)N2CCN(c3cccc(C)c3C)CC2)cc1. The number of aryl methyl sites for hydroxylation is 2. The lowest BCUT2D eigenvalue weighted by Gasteiger charge is -2.40. The van der Waals surface area contributed by atoms with Gasteiger partial charge in [-0.3, -0.25) is 4.90 Å². The van der Waals surface area contributed by atoms with Gasteiger partial charge >= 0.3 is 0 Å². The van der Waals surface area contributed by atoms with E-state index in [1.165, 1.54) is 27.9 Å². The topological polar surface area (TPSA) is 59.3 Å². The quantitative estimate of drug-likeness (QED) is 0.576. The third kappa shape index (κ3) is 4.66. The van der Waals surface area contributed by atoms with Crippen molar-refractivity contribution >= 4 is 5.69 Å². The Balaban J connectivity index is 1.40. The zero-order chi connectivity index (χ0) is 22.8. The third-order valence-corrected chi connectivity index (χ3v) is 7.19. The van der Waals surface area contributed by atoms with Crippen LogP contribution in [0, 0.1) is 20.8 Å². The summed E-state index contributed by atoms with van der Waals surface area (Å²) in [6.45, 7) is 12.0.